The molecule has 102 valence electrons. The SMILES string of the molecule is CCNCc1cc(F)c(OCCN(C)C)c(F)c1. The minimum absolute atomic E-state index is 0.257. The minimum Gasteiger partial charge on any atom is -0.486 e. The fraction of sp³-hybridized carbons (Fsp3) is 0.538. The van der Waals surface area contributed by atoms with E-state index in [1.165, 1.54) is 12.1 Å². The third-order valence-corrected chi connectivity index (χ3v) is 2.42. The van der Waals surface area contributed by atoms with Crippen LogP contribution in [0.2, 0.25) is 0 Å². The van der Waals surface area contributed by atoms with Crippen molar-refractivity contribution in [3.05, 3.63) is 29.3 Å². The quantitative estimate of drug-likeness (QED) is 0.809. The van der Waals surface area contributed by atoms with Crippen LogP contribution in [0.25, 0.3) is 0 Å². The molecule has 0 saturated heterocycles. The number of benzene rings is 1. The van der Waals surface area contributed by atoms with Gasteiger partial charge in [-0.05, 0) is 38.3 Å². The van der Waals surface area contributed by atoms with E-state index >= 15 is 0 Å². The zero-order valence-corrected chi connectivity index (χ0v) is 11.1. The molecule has 5 heteroatoms. The molecule has 0 aliphatic rings. The Labute approximate surface area is 107 Å². The first-order valence-corrected chi connectivity index (χ1v) is 6.00. The Kier molecular flexibility index (Phi) is 6.01. The zero-order valence-electron chi connectivity index (χ0n) is 11.1. The zero-order chi connectivity index (χ0) is 13.5. The van der Waals surface area contributed by atoms with Gasteiger partial charge in [0.25, 0.3) is 0 Å². The molecule has 0 heterocycles. The van der Waals surface area contributed by atoms with E-state index in [1.54, 1.807) is 0 Å². The predicted octanol–water partition coefficient (Wildman–Crippen LogP) is 2.01. The topological polar surface area (TPSA) is 24.5 Å². The Morgan fingerprint density at radius 3 is 2.33 bits per heavy atom. The number of hydrogen-bond donors (Lipinski definition) is 1. The van der Waals surface area contributed by atoms with Crippen LogP contribution in [0.15, 0.2) is 12.1 Å². The standard InChI is InChI=1S/C13H20F2N2O/c1-4-16-9-10-7-11(14)13(12(15)8-10)18-6-5-17(2)3/h7-8,16H,4-6,9H2,1-3H3. The van der Waals surface area contributed by atoms with Gasteiger partial charge < -0.3 is 15.0 Å². The van der Waals surface area contributed by atoms with Crippen LogP contribution < -0.4 is 10.1 Å². The first-order chi connectivity index (χ1) is 8.54. The molecule has 1 aromatic carbocycles. The van der Waals surface area contributed by atoms with Crippen molar-refractivity contribution in [2.45, 2.75) is 13.5 Å². The molecule has 3 nitrogen and oxygen atoms in total. The van der Waals surface area contributed by atoms with E-state index in [2.05, 4.69) is 5.32 Å². The molecule has 0 bridgehead atoms. The summed E-state index contributed by atoms with van der Waals surface area (Å²) in [7, 11) is 3.74. The Hall–Kier alpha value is -1.20. The third-order valence-electron chi connectivity index (χ3n) is 2.42. The van der Waals surface area contributed by atoms with Gasteiger partial charge in [0.05, 0.1) is 0 Å². The third kappa shape index (κ3) is 4.58. The van der Waals surface area contributed by atoms with E-state index in [0.717, 1.165) is 6.54 Å². The first-order valence-electron chi connectivity index (χ1n) is 6.00. The number of nitrogens with zero attached hydrogens (tertiary/aromatic N) is 1. The minimum atomic E-state index is -0.651. The molecule has 1 N–H and O–H groups in total. The second-order valence-electron chi connectivity index (χ2n) is 4.32. The summed E-state index contributed by atoms with van der Waals surface area (Å²) in [6.45, 7) is 4.00. The monoisotopic (exact) mass is 258 g/mol. The summed E-state index contributed by atoms with van der Waals surface area (Å²) in [4.78, 5) is 1.88. The maximum atomic E-state index is 13.7. The van der Waals surface area contributed by atoms with Gasteiger partial charge in [-0.1, -0.05) is 6.92 Å². The summed E-state index contributed by atoms with van der Waals surface area (Å²) >= 11 is 0. The number of hydrogen-bond acceptors (Lipinski definition) is 3. The van der Waals surface area contributed by atoms with Crippen molar-refractivity contribution in [3.63, 3.8) is 0 Å². The van der Waals surface area contributed by atoms with Crippen LogP contribution in [0.1, 0.15) is 12.5 Å². The number of rotatable bonds is 7. The van der Waals surface area contributed by atoms with Gasteiger partial charge in [-0.25, -0.2) is 8.78 Å². The lowest BCUT2D eigenvalue weighted by Crippen LogP contribution is -2.20. The van der Waals surface area contributed by atoms with E-state index in [0.29, 0.717) is 18.7 Å². The van der Waals surface area contributed by atoms with Crippen molar-refractivity contribution in [3.8, 4) is 5.75 Å². The maximum Gasteiger partial charge on any atom is 0.190 e. The summed E-state index contributed by atoms with van der Waals surface area (Å²) in [6, 6.07) is 2.60. The molecule has 0 atom stereocenters. The van der Waals surface area contributed by atoms with Gasteiger partial charge in [-0.3, -0.25) is 0 Å². The summed E-state index contributed by atoms with van der Waals surface area (Å²) in [5.41, 5.74) is 0.576. The van der Waals surface area contributed by atoms with Gasteiger partial charge in [-0.15, -0.1) is 0 Å². The second-order valence-corrected chi connectivity index (χ2v) is 4.32. The van der Waals surface area contributed by atoms with E-state index in [4.69, 9.17) is 4.74 Å². The molecule has 18 heavy (non-hydrogen) atoms. The molecule has 0 unspecified atom stereocenters. The van der Waals surface area contributed by atoms with Crippen LogP contribution in [-0.2, 0) is 6.54 Å². The van der Waals surface area contributed by atoms with Gasteiger partial charge in [0.2, 0.25) is 0 Å². The molecule has 0 radical (unpaired) electrons. The van der Waals surface area contributed by atoms with Crippen molar-refractivity contribution in [2.75, 3.05) is 33.8 Å². The van der Waals surface area contributed by atoms with Crippen molar-refractivity contribution in [2.24, 2.45) is 0 Å². The lowest BCUT2D eigenvalue weighted by Gasteiger charge is -2.13. The van der Waals surface area contributed by atoms with E-state index < -0.39 is 11.6 Å². The van der Waals surface area contributed by atoms with Crippen LogP contribution in [0.4, 0.5) is 8.78 Å². The fourth-order valence-corrected chi connectivity index (χ4v) is 1.45. The summed E-state index contributed by atoms with van der Waals surface area (Å²) < 4.78 is 32.4. The van der Waals surface area contributed by atoms with Gasteiger partial charge in [0, 0.05) is 13.1 Å². The maximum absolute atomic E-state index is 13.7. The first kappa shape index (κ1) is 14.9. The highest BCUT2D eigenvalue weighted by molar-refractivity contribution is 5.31. The largest absolute Gasteiger partial charge is 0.486 e. The summed E-state index contributed by atoms with van der Waals surface area (Å²) in [6.07, 6.45) is 0. The molecule has 0 fully saturated rings. The van der Waals surface area contributed by atoms with Crippen LogP contribution in [0, 0.1) is 11.6 Å². The predicted molar refractivity (Wildman–Crippen MR) is 67.8 cm³/mol. The van der Waals surface area contributed by atoms with Crippen molar-refractivity contribution in [1.82, 2.24) is 10.2 Å². The summed E-state index contributed by atoms with van der Waals surface area (Å²) in [5, 5.41) is 3.02. The molecular formula is C13H20F2N2O. The van der Waals surface area contributed by atoms with Crippen LogP contribution in [0.3, 0.4) is 0 Å². The molecular weight excluding hydrogens is 238 g/mol. The average molecular weight is 258 g/mol. The summed E-state index contributed by atoms with van der Waals surface area (Å²) in [5.74, 6) is -1.60. The van der Waals surface area contributed by atoms with Gasteiger partial charge in [0.1, 0.15) is 6.61 Å². The van der Waals surface area contributed by atoms with Crippen molar-refractivity contribution >= 4 is 0 Å². The van der Waals surface area contributed by atoms with E-state index in [1.807, 2.05) is 25.9 Å². The second kappa shape index (κ2) is 7.28. The Morgan fingerprint density at radius 1 is 1.22 bits per heavy atom. The Balaban J connectivity index is 2.68. The molecule has 0 aromatic heterocycles. The van der Waals surface area contributed by atoms with Crippen LogP contribution in [0.5, 0.6) is 5.75 Å². The lowest BCUT2D eigenvalue weighted by molar-refractivity contribution is 0.242. The van der Waals surface area contributed by atoms with Crippen molar-refractivity contribution < 1.29 is 13.5 Å². The van der Waals surface area contributed by atoms with Crippen molar-refractivity contribution in [1.29, 1.82) is 0 Å². The number of nitrogens with one attached hydrogen (secondary N) is 1. The number of ether oxygens (including phenoxy) is 1. The van der Waals surface area contributed by atoms with Gasteiger partial charge in [0.15, 0.2) is 17.4 Å². The van der Waals surface area contributed by atoms with E-state index in [9.17, 15) is 8.78 Å². The molecule has 1 aromatic rings. The highest BCUT2D eigenvalue weighted by Gasteiger charge is 2.12. The highest BCUT2D eigenvalue weighted by atomic mass is 19.1. The Bertz CT molecular complexity index is 360. The van der Waals surface area contributed by atoms with E-state index in [-0.39, 0.29) is 12.4 Å². The lowest BCUT2D eigenvalue weighted by atomic mass is 10.2. The van der Waals surface area contributed by atoms with Gasteiger partial charge >= 0.3 is 0 Å². The van der Waals surface area contributed by atoms with Crippen LogP contribution in [-0.4, -0.2) is 38.7 Å². The molecule has 0 aliphatic carbocycles. The molecule has 0 aliphatic heterocycles. The average Bonchev–Trinajstić information content (AvgIpc) is 2.29. The Morgan fingerprint density at radius 2 is 1.83 bits per heavy atom. The highest BCUT2D eigenvalue weighted by Crippen LogP contribution is 2.23. The molecule has 1 rings (SSSR count). The fourth-order valence-electron chi connectivity index (χ4n) is 1.45. The molecule has 0 spiro atoms. The molecule has 0 amide bonds. The smallest absolute Gasteiger partial charge is 0.190 e. The number of halogens is 2. The normalized spacial score (nSPS) is 11.0. The number of likely N-dealkylation sites (N-methyl/N-ethyl adjacent to an activating group) is 1. The van der Waals surface area contributed by atoms with Crippen LogP contribution >= 0.6 is 0 Å². The van der Waals surface area contributed by atoms with Gasteiger partial charge in [-0.2, -0.15) is 0 Å². The molecule has 0 saturated carbocycles.